The third-order valence-electron chi connectivity index (χ3n) is 4.05. The van der Waals surface area contributed by atoms with Crippen LogP contribution in [-0.2, 0) is 0 Å². The predicted molar refractivity (Wildman–Crippen MR) is 75.7 cm³/mol. The molecule has 0 radical (unpaired) electrons. The average molecular weight is 262 g/mol. The second-order valence-corrected chi connectivity index (χ2v) is 5.98. The van der Waals surface area contributed by atoms with E-state index in [0.717, 1.165) is 17.8 Å². The van der Waals surface area contributed by atoms with Crippen LogP contribution in [0, 0.1) is 19.3 Å². The summed E-state index contributed by atoms with van der Waals surface area (Å²) in [5.74, 6) is -0.401. The number of aromatic carboxylic acids is 1. The number of aromatic nitrogens is 1. The van der Waals surface area contributed by atoms with E-state index in [1.165, 1.54) is 25.7 Å². The van der Waals surface area contributed by atoms with Crippen molar-refractivity contribution in [1.82, 2.24) is 4.98 Å². The number of pyridine rings is 1. The van der Waals surface area contributed by atoms with Gasteiger partial charge in [0.1, 0.15) is 11.4 Å². The molecule has 0 unspecified atom stereocenters. The molecule has 0 aliphatic heterocycles. The lowest BCUT2D eigenvalue weighted by Gasteiger charge is -2.24. The lowest BCUT2D eigenvalue weighted by atomic mass is 9.89. The maximum absolute atomic E-state index is 11.3. The Morgan fingerprint density at radius 1 is 1.42 bits per heavy atom. The number of hydrogen-bond donors (Lipinski definition) is 2. The van der Waals surface area contributed by atoms with Gasteiger partial charge in [0.15, 0.2) is 0 Å². The van der Waals surface area contributed by atoms with Gasteiger partial charge in [0.2, 0.25) is 0 Å². The highest BCUT2D eigenvalue weighted by atomic mass is 16.4. The van der Waals surface area contributed by atoms with E-state index in [1.807, 2.05) is 19.9 Å². The Bertz CT molecular complexity index is 491. The molecule has 1 heterocycles. The van der Waals surface area contributed by atoms with E-state index in [1.54, 1.807) is 0 Å². The largest absolute Gasteiger partial charge is 0.478 e. The van der Waals surface area contributed by atoms with Gasteiger partial charge in [-0.1, -0.05) is 19.8 Å². The van der Waals surface area contributed by atoms with Crippen LogP contribution >= 0.6 is 0 Å². The third kappa shape index (κ3) is 3.06. The van der Waals surface area contributed by atoms with E-state index in [4.69, 9.17) is 0 Å². The van der Waals surface area contributed by atoms with Gasteiger partial charge in [-0.05, 0) is 43.7 Å². The number of anilines is 1. The number of carboxylic acids is 1. The van der Waals surface area contributed by atoms with Gasteiger partial charge in [-0.2, -0.15) is 0 Å². The fourth-order valence-corrected chi connectivity index (χ4v) is 2.94. The van der Waals surface area contributed by atoms with E-state index in [-0.39, 0.29) is 5.41 Å². The zero-order valence-electron chi connectivity index (χ0n) is 11.9. The van der Waals surface area contributed by atoms with Crippen LogP contribution < -0.4 is 5.32 Å². The standard InChI is InChI=1S/C15H22N2O2/c1-10-8-11(2)17-13(12(10)14(18)19)16-9-15(3)6-4-5-7-15/h8H,4-7,9H2,1-3H3,(H,16,17)(H,18,19). The lowest BCUT2D eigenvalue weighted by molar-refractivity contribution is 0.0696. The van der Waals surface area contributed by atoms with E-state index >= 15 is 0 Å². The van der Waals surface area contributed by atoms with Crippen molar-refractivity contribution in [3.05, 3.63) is 22.9 Å². The Hall–Kier alpha value is -1.58. The Morgan fingerprint density at radius 3 is 2.63 bits per heavy atom. The number of aryl methyl sites for hydroxylation is 2. The molecule has 0 atom stereocenters. The summed E-state index contributed by atoms with van der Waals surface area (Å²) >= 11 is 0. The van der Waals surface area contributed by atoms with Gasteiger partial charge >= 0.3 is 5.97 Å². The van der Waals surface area contributed by atoms with Crippen LogP contribution in [0.25, 0.3) is 0 Å². The molecule has 1 aromatic rings. The minimum Gasteiger partial charge on any atom is -0.478 e. The Morgan fingerprint density at radius 2 is 2.05 bits per heavy atom. The number of nitrogens with one attached hydrogen (secondary N) is 1. The molecular formula is C15H22N2O2. The van der Waals surface area contributed by atoms with Gasteiger partial charge in [-0.15, -0.1) is 0 Å². The summed E-state index contributed by atoms with van der Waals surface area (Å²) in [6, 6.07) is 1.81. The van der Waals surface area contributed by atoms with Crippen molar-refractivity contribution >= 4 is 11.8 Å². The van der Waals surface area contributed by atoms with Gasteiger partial charge in [-0.3, -0.25) is 0 Å². The van der Waals surface area contributed by atoms with Crippen molar-refractivity contribution in [2.75, 3.05) is 11.9 Å². The third-order valence-corrected chi connectivity index (χ3v) is 4.05. The SMILES string of the molecule is Cc1cc(C)c(C(=O)O)c(NCC2(C)CCCC2)n1. The van der Waals surface area contributed by atoms with E-state index in [0.29, 0.717) is 11.4 Å². The minimum absolute atomic E-state index is 0.273. The molecule has 2 rings (SSSR count). The van der Waals surface area contributed by atoms with Gasteiger partial charge in [-0.25, -0.2) is 9.78 Å². The molecule has 19 heavy (non-hydrogen) atoms. The molecule has 1 saturated carbocycles. The number of carbonyl (C=O) groups is 1. The maximum Gasteiger partial charge on any atom is 0.339 e. The fourth-order valence-electron chi connectivity index (χ4n) is 2.94. The number of carboxylic acid groups (broad SMARTS) is 1. The highest BCUT2D eigenvalue weighted by molar-refractivity contribution is 5.94. The lowest BCUT2D eigenvalue weighted by Crippen LogP contribution is -2.24. The normalized spacial score (nSPS) is 17.4. The maximum atomic E-state index is 11.3. The molecule has 0 saturated heterocycles. The van der Waals surface area contributed by atoms with Crippen molar-refractivity contribution in [2.45, 2.75) is 46.5 Å². The highest BCUT2D eigenvalue weighted by Gasteiger charge is 2.29. The summed E-state index contributed by atoms with van der Waals surface area (Å²) in [5, 5.41) is 12.6. The Kier molecular flexibility index (Phi) is 3.78. The molecular weight excluding hydrogens is 240 g/mol. The van der Waals surface area contributed by atoms with Crippen molar-refractivity contribution in [2.24, 2.45) is 5.41 Å². The molecule has 104 valence electrons. The number of hydrogen-bond acceptors (Lipinski definition) is 3. The van der Waals surface area contributed by atoms with Gasteiger partial charge in [0, 0.05) is 12.2 Å². The first-order valence-electron chi connectivity index (χ1n) is 6.87. The molecule has 4 nitrogen and oxygen atoms in total. The van der Waals surface area contributed by atoms with Crippen molar-refractivity contribution in [3.8, 4) is 0 Å². The molecule has 1 aromatic heterocycles. The van der Waals surface area contributed by atoms with Crippen LogP contribution in [0.5, 0.6) is 0 Å². The quantitative estimate of drug-likeness (QED) is 0.873. The molecule has 0 spiro atoms. The molecule has 0 bridgehead atoms. The van der Waals surface area contributed by atoms with E-state index in [2.05, 4.69) is 17.2 Å². The number of rotatable bonds is 4. The smallest absolute Gasteiger partial charge is 0.339 e. The molecule has 1 aliphatic carbocycles. The van der Waals surface area contributed by atoms with Gasteiger partial charge < -0.3 is 10.4 Å². The molecule has 2 N–H and O–H groups in total. The zero-order valence-corrected chi connectivity index (χ0v) is 11.9. The van der Waals surface area contributed by atoms with E-state index < -0.39 is 5.97 Å². The van der Waals surface area contributed by atoms with Crippen LogP contribution in [0.15, 0.2) is 6.07 Å². The average Bonchev–Trinajstić information content (AvgIpc) is 2.72. The summed E-state index contributed by atoms with van der Waals surface area (Å²) in [4.78, 5) is 15.7. The van der Waals surface area contributed by atoms with Gasteiger partial charge in [0.25, 0.3) is 0 Å². The predicted octanol–water partition coefficient (Wildman–Crippen LogP) is 3.39. The Labute approximate surface area is 114 Å². The van der Waals surface area contributed by atoms with Crippen LogP contribution in [0.4, 0.5) is 5.82 Å². The van der Waals surface area contributed by atoms with E-state index in [9.17, 15) is 9.90 Å². The molecule has 4 heteroatoms. The number of nitrogens with zero attached hydrogens (tertiary/aromatic N) is 1. The van der Waals surface area contributed by atoms with Crippen molar-refractivity contribution in [1.29, 1.82) is 0 Å². The topological polar surface area (TPSA) is 62.2 Å². The zero-order chi connectivity index (χ0) is 14.0. The first-order chi connectivity index (χ1) is 8.91. The summed E-state index contributed by atoms with van der Waals surface area (Å²) in [6.07, 6.45) is 4.94. The second-order valence-electron chi connectivity index (χ2n) is 5.98. The summed E-state index contributed by atoms with van der Waals surface area (Å²) in [6.45, 7) is 6.76. The minimum atomic E-state index is -0.913. The van der Waals surface area contributed by atoms with Crippen molar-refractivity contribution in [3.63, 3.8) is 0 Å². The van der Waals surface area contributed by atoms with Crippen LogP contribution in [-0.4, -0.2) is 22.6 Å². The summed E-state index contributed by atoms with van der Waals surface area (Å²) < 4.78 is 0. The Balaban J connectivity index is 2.21. The highest BCUT2D eigenvalue weighted by Crippen LogP contribution is 2.37. The molecule has 0 aromatic carbocycles. The summed E-state index contributed by atoms with van der Waals surface area (Å²) in [5.41, 5.74) is 2.18. The molecule has 1 fully saturated rings. The van der Waals surface area contributed by atoms with Crippen LogP contribution in [0.1, 0.15) is 54.2 Å². The monoisotopic (exact) mass is 262 g/mol. The molecule has 1 aliphatic rings. The fraction of sp³-hybridized carbons (Fsp3) is 0.600. The summed E-state index contributed by atoms with van der Waals surface area (Å²) in [7, 11) is 0. The van der Waals surface area contributed by atoms with Crippen LogP contribution in [0.3, 0.4) is 0 Å². The molecule has 0 amide bonds. The second kappa shape index (κ2) is 5.19. The van der Waals surface area contributed by atoms with Crippen molar-refractivity contribution < 1.29 is 9.90 Å². The van der Waals surface area contributed by atoms with Gasteiger partial charge in [0.05, 0.1) is 0 Å². The van der Waals surface area contributed by atoms with Crippen LogP contribution in [0.2, 0.25) is 0 Å². The first-order valence-corrected chi connectivity index (χ1v) is 6.87. The first kappa shape index (κ1) is 13.8.